The van der Waals surface area contributed by atoms with Crippen LogP contribution in [0.25, 0.3) is 0 Å². The topological polar surface area (TPSA) is 84.9 Å². The van der Waals surface area contributed by atoms with Crippen LogP contribution in [0.15, 0.2) is 42.7 Å². The molecule has 1 aliphatic heterocycles. The summed E-state index contributed by atoms with van der Waals surface area (Å²) in [5, 5.41) is 3.37. The van der Waals surface area contributed by atoms with Crippen LogP contribution in [0.1, 0.15) is 5.56 Å². The van der Waals surface area contributed by atoms with E-state index in [0.29, 0.717) is 23.2 Å². The van der Waals surface area contributed by atoms with E-state index in [9.17, 15) is 0 Å². The highest BCUT2D eigenvalue weighted by Gasteiger charge is 2.21. The Balaban J connectivity index is 1.51. The van der Waals surface area contributed by atoms with Crippen LogP contribution in [0, 0.1) is 6.92 Å². The Hall–Kier alpha value is -3.75. The molecule has 1 N–H and O–H groups in total. The second-order valence-electron chi connectivity index (χ2n) is 7.40. The fraction of sp³-hybridized carbons (Fsp3) is 0.348. The van der Waals surface area contributed by atoms with Crippen LogP contribution in [0.2, 0.25) is 0 Å². The smallest absolute Gasteiger partial charge is 0.227 e. The summed E-state index contributed by atoms with van der Waals surface area (Å²) >= 11 is 0. The minimum atomic E-state index is 0.548. The average Bonchev–Trinajstić information content (AvgIpc) is 2.85. The molecule has 0 unspecified atom stereocenters. The largest absolute Gasteiger partial charge is 0.493 e. The molecule has 0 atom stereocenters. The number of hydrogen-bond acceptors (Lipinski definition) is 9. The van der Waals surface area contributed by atoms with Crippen molar-refractivity contribution in [1.82, 2.24) is 15.0 Å². The Bertz CT molecular complexity index is 1030. The molecule has 9 nitrogen and oxygen atoms in total. The molecule has 0 radical (unpaired) electrons. The first-order valence-corrected chi connectivity index (χ1v) is 10.4. The second-order valence-corrected chi connectivity index (χ2v) is 7.40. The van der Waals surface area contributed by atoms with Gasteiger partial charge in [-0.25, -0.2) is 9.97 Å². The maximum atomic E-state index is 5.46. The van der Waals surface area contributed by atoms with Crippen molar-refractivity contribution in [2.75, 3.05) is 62.6 Å². The molecule has 0 spiro atoms. The van der Waals surface area contributed by atoms with Gasteiger partial charge in [0.1, 0.15) is 11.6 Å². The summed E-state index contributed by atoms with van der Waals surface area (Å²) in [7, 11) is 4.78. The van der Waals surface area contributed by atoms with Gasteiger partial charge in [-0.3, -0.25) is 0 Å². The Morgan fingerprint density at radius 1 is 0.875 bits per heavy atom. The third kappa shape index (κ3) is 4.46. The molecule has 3 aromatic rings. The summed E-state index contributed by atoms with van der Waals surface area (Å²) in [5.74, 6) is 4.13. The Morgan fingerprint density at radius 3 is 2.16 bits per heavy atom. The predicted molar refractivity (Wildman–Crippen MR) is 125 cm³/mol. The van der Waals surface area contributed by atoms with Crippen molar-refractivity contribution >= 4 is 23.3 Å². The number of methoxy groups -OCH3 is 3. The zero-order valence-corrected chi connectivity index (χ0v) is 18.8. The van der Waals surface area contributed by atoms with Crippen LogP contribution in [0.3, 0.4) is 0 Å². The van der Waals surface area contributed by atoms with E-state index in [1.807, 2.05) is 49.6 Å². The van der Waals surface area contributed by atoms with Crippen molar-refractivity contribution in [3.8, 4) is 17.2 Å². The van der Waals surface area contributed by atoms with E-state index < -0.39 is 0 Å². The standard InChI is InChI=1S/C23H28N6O3/c1-16-15-25-23(29-11-9-28(10-12-29)20-7-5-6-8-24-20)27-22(16)26-17-13-18(30-2)21(32-4)19(14-17)31-3/h5-8,13-15H,9-12H2,1-4H3,(H,25,26,27). The van der Waals surface area contributed by atoms with Crippen LogP contribution in [-0.4, -0.2) is 62.5 Å². The van der Waals surface area contributed by atoms with Crippen molar-refractivity contribution < 1.29 is 14.2 Å². The number of pyridine rings is 1. The number of rotatable bonds is 7. The van der Waals surface area contributed by atoms with E-state index in [1.165, 1.54) is 0 Å². The molecule has 1 aliphatic rings. The minimum absolute atomic E-state index is 0.548. The van der Waals surface area contributed by atoms with Crippen LogP contribution >= 0.6 is 0 Å². The van der Waals surface area contributed by atoms with Gasteiger partial charge in [-0.2, -0.15) is 4.98 Å². The Morgan fingerprint density at radius 2 is 1.56 bits per heavy atom. The van der Waals surface area contributed by atoms with Gasteiger partial charge in [0, 0.05) is 62.0 Å². The van der Waals surface area contributed by atoms with E-state index in [4.69, 9.17) is 19.2 Å². The molecular weight excluding hydrogens is 408 g/mol. The molecule has 168 valence electrons. The van der Waals surface area contributed by atoms with E-state index in [1.54, 1.807) is 21.3 Å². The molecule has 0 saturated carbocycles. The fourth-order valence-corrected chi connectivity index (χ4v) is 3.68. The molecule has 1 saturated heterocycles. The molecule has 1 fully saturated rings. The van der Waals surface area contributed by atoms with E-state index in [-0.39, 0.29) is 0 Å². The van der Waals surface area contributed by atoms with Gasteiger partial charge in [0.05, 0.1) is 21.3 Å². The first kappa shape index (κ1) is 21.5. The van der Waals surface area contributed by atoms with Crippen molar-refractivity contribution in [2.24, 2.45) is 0 Å². The lowest BCUT2D eigenvalue weighted by molar-refractivity contribution is 0.324. The highest BCUT2D eigenvalue weighted by Crippen LogP contribution is 2.40. The van der Waals surface area contributed by atoms with E-state index in [2.05, 4.69) is 25.1 Å². The van der Waals surface area contributed by atoms with Gasteiger partial charge in [0.15, 0.2) is 11.5 Å². The molecule has 1 aromatic carbocycles. The SMILES string of the molecule is COc1cc(Nc2nc(N3CCN(c4ccccn4)CC3)ncc2C)cc(OC)c1OC. The van der Waals surface area contributed by atoms with Gasteiger partial charge >= 0.3 is 0 Å². The highest BCUT2D eigenvalue weighted by atomic mass is 16.5. The number of nitrogens with one attached hydrogen (secondary N) is 1. The summed E-state index contributed by atoms with van der Waals surface area (Å²) in [5.41, 5.74) is 1.72. The Labute approximate surface area is 188 Å². The summed E-state index contributed by atoms with van der Waals surface area (Å²) in [6.07, 6.45) is 3.67. The number of aryl methyl sites for hydroxylation is 1. The summed E-state index contributed by atoms with van der Waals surface area (Å²) in [4.78, 5) is 18.3. The van der Waals surface area contributed by atoms with Gasteiger partial charge in [-0.1, -0.05) is 6.07 Å². The first-order valence-electron chi connectivity index (χ1n) is 10.4. The lowest BCUT2D eigenvalue weighted by Gasteiger charge is -2.35. The maximum absolute atomic E-state index is 5.46. The first-order chi connectivity index (χ1) is 15.6. The van der Waals surface area contributed by atoms with Crippen LogP contribution in [0.4, 0.5) is 23.3 Å². The molecule has 0 bridgehead atoms. The summed E-state index contributed by atoms with van der Waals surface area (Å²) in [6.45, 7) is 5.35. The molecule has 0 amide bonds. The molecule has 9 heteroatoms. The highest BCUT2D eigenvalue weighted by molar-refractivity contribution is 5.68. The average molecular weight is 437 g/mol. The van der Waals surface area contributed by atoms with Crippen molar-refractivity contribution in [3.63, 3.8) is 0 Å². The second kappa shape index (κ2) is 9.59. The number of piperazine rings is 1. The lowest BCUT2D eigenvalue weighted by Crippen LogP contribution is -2.47. The zero-order chi connectivity index (χ0) is 22.5. The number of anilines is 4. The number of hydrogen-bond donors (Lipinski definition) is 1. The predicted octanol–water partition coefficient (Wildman–Crippen LogP) is 3.28. The molecule has 0 aliphatic carbocycles. The van der Waals surface area contributed by atoms with Crippen molar-refractivity contribution in [3.05, 3.63) is 48.3 Å². The van der Waals surface area contributed by atoms with E-state index in [0.717, 1.165) is 49.1 Å². The summed E-state index contributed by atoms with van der Waals surface area (Å²) < 4.78 is 16.3. The maximum Gasteiger partial charge on any atom is 0.227 e. The van der Waals surface area contributed by atoms with Gasteiger partial charge < -0.3 is 29.3 Å². The molecular formula is C23H28N6O3. The quantitative estimate of drug-likeness (QED) is 0.600. The number of nitrogens with zero attached hydrogens (tertiary/aromatic N) is 5. The zero-order valence-electron chi connectivity index (χ0n) is 18.8. The number of aromatic nitrogens is 3. The normalized spacial score (nSPS) is 13.6. The molecule has 4 rings (SSSR count). The van der Waals surface area contributed by atoms with Gasteiger partial charge in [-0.15, -0.1) is 0 Å². The van der Waals surface area contributed by atoms with Crippen LogP contribution in [-0.2, 0) is 0 Å². The third-order valence-electron chi connectivity index (χ3n) is 5.42. The minimum Gasteiger partial charge on any atom is -0.493 e. The lowest BCUT2D eigenvalue weighted by atomic mass is 10.2. The third-order valence-corrected chi connectivity index (χ3v) is 5.42. The van der Waals surface area contributed by atoms with E-state index >= 15 is 0 Å². The Kier molecular flexibility index (Phi) is 6.44. The van der Waals surface area contributed by atoms with Gasteiger partial charge in [-0.05, 0) is 19.1 Å². The van der Waals surface area contributed by atoms with Crippen molar-refractivity contribution in [1.29, 1.82) is 0 Å². The number of benzene rings is 1. The van der Waals surface area contributed by atoms with Gasteiger partial charge in [0.25, 0.3) is 0 Å². The number of ether oxygens (including phenoxy) is 3. The van der Waals surface area contributed by atoms with Crippen molar-refractivity contribution in [2.45, 2.75) is 6.92 Å². The molecule has 32 heavy (non-hydrogen) atoms. The monoisotopic (exact) mass is 436 g/mol. The summed E-state index contributed by atoms with van der Waals surface area (Å²) in [6, 6.07) is 9.70. The molecule has 3 heterocycles. The van der Waals surface area contributed by atoms with Crippen LogP contribution < -0.4 is 29.3 Å². The molecule has 2 aromatic heterocycles. The van der Waals surface area contributed by atoms with Gasteiger partial charge in [0.2, 0.25) is 11.7 Å². The van der Waals surface area contributed by atoms with Crippen LogP contribution in [0.5, 0.6) is 17.2 Å². The fourth-order valence-electron chi connectivity index (χ4n) is 3.68.